The fourth-order valence-electron chi connectivity index (χ4n) is 2.68. The SMILES string of the molecule is C[C@@H](Nc1c(-c2c(F)cc(OCCCCl)cc2F)c(Cl)nc2nccn12)C(F)(F)F. The number of fused-ring (bicyclic) bond motifs is 1. The van der Waals surface area contributed by atoms with Gasteiger partial charge in [0, 0.05) is 30.4 Å². The van der Waals surface area contributed by atoms with E-state index >= 15 is 0 Å². The highest BCUT2D eigenvalue weighted by atomic mass is 35.5. The van der Waals surface area contributed by atoms with Gasteiger partial charge in [-0.3, -0.25) is 4.40 Å². The monoisotopic (exact) mass is 468 g/mol. The number of halogens is 7. The molecule has 0 fully saturated rings. The van der Waals surface area contributed by atoms with Gasteiger partial charge in [-0.2, -0.15) is 18.2 Å². The van der Waals surface area contributed by atoms with E-state index in [1.807, 2.05) is 0 Å². The molecule has 0 aliphatic carbocycles. The summed E-state index contributed by atoms with van der Waals surface area (Å²) in [5, 5.41) is 1.81. The van der Waals surface area contributed by atoms with E-state index in [4.69, 9.17) is 27.9 Å². The van der Waals surface area contributed by atoms with Crippen LogP contribution in [0.25, 0.3) is 16.9 Å². The van der Waals surface area contributed by atoms with Crippen molar-refractivity contribution in [2.24, 2.45) is 0 Å². The molecule has 1 aromatic carbocycles. The molecule has 0 radical (unpaired) electrons. The van der Waals surface area contributed by atoms with Gasteiger partial charge in [0.15, 0.2) is 0 Å². The van der Waals surface area contributed by atoms with E-state index < -0.39 is 34.6 Å². The quantitative estimate of drug-likeness (QED) is 0.209. The van der Waals surface area contributed by atoms with Gasteiger partial charge >= 0.3 is 6.18 Å². The van der Waals surface area contributed by atoms with E-state index in [2.05, 4.69) is 15.3 Å². The average molecular weight is 469 g/mol. The Kier molecular flexibility index (Phi) is 6.56. The molecule has 30 heavy (non-hydrogen) atoms. The molecule has 162 valence electrons. The van der Waals surface area contributed by atoms with Crippen molar-refractivity contribution in [2.75, 3.05) is 17.8 Å². The predicted molar refractivity (Wildman–Crippen MR) is 103 cm³/mol. The normalized spacial score (nSPS) is 12.9. The summed E-state index contributed by atoms with van der Waals surface area (Å²) in [5.74, 6) is -2.29. The van der Waals surface area contributed by atoms with Crippen molar-refractivity contribution in [3.8, 4) is 16.9 Å². The zero-order valence-corrected chi connectivity index (χ0v) is 16.9. The Morgan fingerprint density at radius 2 is 1.87 bits per heavy atom. The molecule has 0 spiro atoms. The minimum Gasteiger partial charge on any atom is -0.493 e. The van der Waals surface area contributed by atoms with Crippen LogP contribution in [-0.4, -0.2) is 39.1 Å². The van der Waals surface area contributed by atoms with Gasteiger partial charge in [-0.1, -0.05) is 11.6 Å². The molecule has 0 aliphatic rings. The van der Waals surface area contributed by atoms with Crippen LogP contribution in [0.4, 0.5) is 27.8 Å². The highest BCUT2D eigenvalue weighted by Gasteiger charge is 2.37. The maximum atomic E-state index is 14.9. The summed E-state index contributed by atoms with van der Waals surface area (Å²) >= 11 is 11.7. The molecule has 12 heteroatoms. The van der Waals surface area contributed by atoms with Gasteiger partial charge in [-0.05, 0) is 13.3 Å². The predicted octanol–water partition coefficient (Wildman–Crippen LogP) is 5.70. The first-order valence-electron chi connectivity index (χ1n) is 8.67. The molecule has 1 atom stereocenters. The van der Waals surface area contributed by atoms with E-state index in [0.717, 1.165) is 23.5 Å². The molecule has 0 unspecified atom stereocenters. The Morgan fingerprint density at radius 1 is 1.20 bits per heavy atom. The van der Waals surface area contributed by atoms with Crippen molar-refractivity contribution in [1.29, 1.82) is 0 Å². The third kappa shape index (κ3) is 4.54. The summed E-state index contributed by atoms with van der Waals surface area (Å²) in [4.78, 5) is 7.80. The molecule has 1 N–H and O–H groups in total. The van der Waals surface area contributed by atoms with Gasteiger partial charge < -0.3 is 10.1 Å². The fourth-order valence-corrected chi connectivity index (χ4v) is 3.05. The Hall–Kier alpha value is -2.33. The van der Waals surface area contributed by atoms with Crippen LogP contribution >= 0.6 is 23.2 Å². The van der Waals surface area contributed by atoms with Crippen molar-refractivity contribution in [3.05, 3.63) is 41.3 Å². The highest BCUT2D eigenvalue weighted by molar-refractivity contribution is 6.33. The van der Waals surface area contributed by atoms with Crippen LogP contribution in [0.15, 0.2) is 24.5 Å². The van der Waals surface area contributed by atoms with Crippen LogP contribution in [0.1, 0.15) is 13.3 Å². The van der Waals surface area contributed by atoms with Crippen LogP contribution < -0.4 is 10.1 Å². The van der Waals surface area contributed by atoms with Crippen molar-refractivity contribution in [2.45, 2.75) is 25.6 Å². The van der Waals surface area contributed by atoms with Crippen LogP contribution in [0.2, 0.25) is 5.15 Å². The highest BCUT2D eigenvalue weighted by Crippen LogP contribution is 2.40. The molecule has 0 bridgehead atoms. The number of hydrogen-bond acceptors (Lipinski definition) is 4. The Balaban J connectivity index is 2.16. The number of aromatic nitrogens is 3. The first kappa shape index (κ1) is 22.4. The number of nitrogens with one attached hydrogen (secondary N) is 1. The lowest BCUT2D eigenvalue weighted by Crippen LogP contribution is -2.34. The van der Waals surface area contributed by atoms with Gasteiger partial charge in [0.25, 0.3) is 0 Å². The first-order chi connectivity index (χ1) is 14.1. The second-order valence-electron chi connectivity index (χ2n) is 6.28. The zero-order valence-electron chi connectivity index (χ0n) is 15.4. The topological polar surface area (TPSA) is 51.5 Å². The van der Waals surface area contributed by atoms with Gasteiger partial charge in [0.1, 0.15) is 34.4 Å². The second kappa shape index (κ2) is 8.81. The Bertz CT molecular complexity index is 1030. The van der Waals surface area contributed by atoms with Crippen molar-refractivity contribution >= 4 is 34.8 Å². The molecular weight excluding hydrogens is 454 g/mol. The van der Waals surface area contributed by atoms with Crippen LogP contribution in [0.5, 0.6) is 5.75 Å². The van der Waals surface area contributed by atoms with Crippen molar-refractivity contribution < 1.29 is 26.7 Å². The maximum absolute atomic E-state index is 14.9. The molecular formula is C18H15Cl2F5N4O. The number of imidazole rings is 1. The number of alkyl halides is 4. The smallest absolute Gasteiger partial charge is 0.408 e. The maximum Gasteiger partial charge on any atom is 0.408 e. The largest absolute Gasteiger partial charge is 0.493 e. The van der Waals surface area contributed by atoms with Crippen LogP contribution in [0, 0.1) is 11.6 Å². The van der Waals surface area contributed by atoms with Gasteiger partial charge in [0.05, 0.1) is 17.7 Å². The lowest BCUT2D eigenvalue weighted by Gasteiger charge is -2.22. The second-order valence-corrected chi connectivity index (χ2v) is 7.02. The first-order valence-corrected chi connectivity index (χ1v) is 9.58. The fraction of sp³-hybridized carbons (Fsp3) is 0.333. The van der Waals surface area contributed by atoms with Crippen LogP contribution in [-0.2, 0) is 0 Å². The molecule has 0 amide bonds. The summed E-state index contributed by atoms with van der Waals surface area (Å²) in [6.45, 7) is 1.00. The lowest BCUT2D eigenvalue weighted by molar-refractivity contribution is -0.138. The van der Waals surface area contributed by atoms with E-state index in [9.17, 15) is 22.0 Å². The van der Waals surface area contributed by atoms with Crippen molar-refractivity contribution in [3.63, 3.8) is 0 Å². The van der Waals surface area contributed by atoms with E-state index in [1.54, 1.807) is 0 Å². The number of hydrogen-bond donors (Lipinski definition) is 1. The van der Waals surface area contributed by atoms with Gasteiger partial charge in [-0.25, -0.2) is 13.8 Å². The minimum absolute atomic E-state index is 0.0394. The van der Waals surface area contributed by atoms with Gasteiger partial charge in [0.2, 0.25) is 5.78 Å². The van der Waals surface area contributed by atoms with Gasteiger partial charge in [-0.15, -0.1) is 11.6 Å². The number of rotatable bonds is 7. The summed E-state index contributed by atoms with van der Waals surface area (Å²) in [7, 11) is 0. The summed E-state index contributed by atoms with van der Waals surface area (Å²) in [6, 6.07) is -0.222. The van der Waals surface area contributed by atoms with E-state index in [0.29, 0.717) is 12.3 Å². The third-order valence-corrected chi connectivity index (χ3v) is 4.70. The molecule has 2 heterocycles. The minimum atomic E-state index is -4.63. The zero-order chi connectivity index (χ0) is 22.1. The molecule has 3 aromatic rings. The molecule has 3 rings (SSSR count). The third-order valence-electron chi connectivity index (χ3n) is 4.16. The number of benzene rings is 1. The number of nitrogens with zero attached hydrogens (tertiary/aromatic N) is 3. The Morgan fingerprint density at radius 3 is 2.47 bits per heavy atom. The van der Waals surface area contributed by atoms with Crippen LogP contribution in [0.3, 0.4) is 0 Å². The lowest BCUT2D eigenvalue weighted by atomic mass is 10.1. The summed E-state index contributed by atoms with van der Waals surface area (Å²) in [5.41, 5.74) is -1.02. The van der Waals surface area contributed by atoms with Crippen molar-refractivity contribution in [1.82, 2.24) is 14.4 Å². The Labute approximate surface area is 177 Å². The molecule has 5 nitrogen and oxygen atoms in total. The number of ether oxygens (including phenoxy) is 1. The molecule has 0 saturated heterocycles. The summed E-state index contributed by atoms with van der Waals surface area (Å²) in [6.07, 6.45) is -1.60. The molecule has 0 saturated carbocycles. The van der Waals surface area contributed by atoms with E-state index in [-0.39, 0.29) is 29.5 Å². The molecule has 0 aliphatic heterocycles. The standard InChI is InChI=1S/C18H15Cl2F5N4O/c1-9(18(23,24)25)27-16-14(15(20)28-17-26-4-5-29(16)17)13-11(21)7-10(8-12(13)22)30-6-2-3-19/h4-5,7-9,27H,2-3,6H2,1H3/t9-/m1/s1. The average Bonchev–Trinajstić information content (AvgIpc) is 3.10. The molecule has 2 aromatic heterocycles. The van der Waals surface area contributed by atoms with E-state index in [1.165, 1.54) is 12.4 Å². The number of anilines is 1. The summed E-state index contributed by atoms with van der Waals surface area (Å²) < 4.78 is 75.5.